The minimum absolute atomic E-state index is 0.0532. The monoisotopic (exact) mass is 480 g/mol. The quantitative estimate of drug-likeness (QED) is 0.454. The lowest BCUT2D eigenvalue weighted by Crippen LogP contribution is -2.44. The zero-order valence-corrected chi connectivity index (χ0v) is 20.3. The summed E-state index contributed by atoms with van der Waals surface area (Å²) in [6, 6.07) is 11.2. The van der Waals surface area contributed by atoms with Gasteiger partial charge in [0.15, 0.2) is 0 Å². The molecule has 0 aliphatic carbocycles. The van der Waals surface area contributed by atoms with Crippen molar-refractivity contribution in [2.75, 3.05) is 26.7 Å². The van der Waals surface area contributed by atoms with Crippen LogP contribution in [0, 0.1) is 30.6 Å². The number of alkyl halides is 1. The molecule has 0 saturated carbocycles. The van der Waals surface area contributed by atoms with Gasteiger partial charge in [0.25, 0.3) is 0 Å². The molecule has 34 heavy (non-hydrogen) atoms. The second-order valence-corrected chi connectivity index (χ2v) is 10.1. The van der Waals surface area contributed by atoms with Crippen molar-refractivity contribution in [2.24, 2.45) is 11.8 Å². The second-order valence-electron chi connectivity index (χ2n) is 8.77. The van der Waals surface area contributed by atoms with E-state index in [0.29, 0.717) is 30.8 Å². The predicted octanol–water partition coefficient (Wildman–Crippen LogP) is 5.48. The molecule has 1 unspecified atom stereocenters. The topological polar surface area (TPSA) is 62.7 Å². The molecule has 4 rings (SSSR count). The van der Waals surface area contributed by atoms with Crippen LogP contribution in [0.2, 0.25) is 0 Å². The lowest BCUT2D eigenvalue weighted by molar-refractivity contribution is -0.146. The van der Waals surface area contributed by atoms with Gasteiger partial charge in [-0.1, -0.05) is 11.8 Å². The first-order valence-electron chi connectivity index (χ1n) is 11.5. The van der Waals surface area contributed by atoms with E-state index in [1.807, 2.05) is 31.2 Å². The molecule has 1 aromatic carbocycles. The minimum atomic E-state index is -1.19. The molecule has 0 radical (unpaired) electrons. The maximum atomic E-state index is 15.3. The number of ether oxygens (including phenoxy) is 1. The van der Waals surface area contributed by atoms with Gasteiger partial charge in [-0.3, -0.25) is 14.7 Å². The van der Waals surface area contributed by atoms with Crippen LogP contribution < -0.4 is 4.74 Å². The van der Waals surface area contributed by atoms with Crippen molar-refractivity contribution in [1.29, 1.82) is 0 Å². The number of carboxylic acids is 1. The van der Waals surface area contributed by atoms with Gasteiger partial charge >= 0.3 is 5.97 Å². The number of halogens is 1. The molecule has 7 heteroatoms. The number of aliphatic carboxylic acids is 1. The molecule has 3 atom stereocenters. The van der Waals surface area contributed by atoms with Gasteiger partial charge in [-0.2, -0.15) is 0 Å². The molecule has 5 nitrogen and oxygen atoms in total. The number of benzene rings is 1. The van der Waals surface area contributed by atoms with Crippen molar-refractivity contribution in [3.05, 3.63) is 57.9 Å². The fraction of sp³-hybridized carbons (Fsp3) is 0.407. The zero-order chi connectivity index (χ0) is 24.1. The van der Waals surface area contributed by atoms with Crippen LogP contribution in [0.5, 0.6) is 5.75 Å². The van der Waals surface area contributed by atoms with Crippen LogP contribution in [0.3, 0.4) is 0 Å². The molecule has 0 amide bonds. The lowest BCUT2D eigenvalue weighted by Gasteiger charge is -2.35. The Labute approximate surface area is 203 Å². The molecule has 1 fully saturated rings. The van der Waals surface area contributed by atoms with Gasteiger partial charge in [0.2, 0.25) is 0 Å². The molecular weight excluding hydrogens is 451 g/mol. The number of likely N-dealkylation sites (tertiary alicyclic amines) is 1. The van der Waals surface area contributed by atoms with Crippen molar-refractivity contribution in [3.63, 3.8) is 0 Å². The van der Waals surface area contributed by atoms with E-state index in [4.69, 9.17) is 4.74 Å². The Morgan fingerprint density at radius 2 is 2.21 bits per heavy atom. The first-order valence-corrected chi connectivity index (χ1v) is 12.3. The van der Waals surface area contributed by atoms with Crippen molar-refractivity contribution in [1.82, 2.24) is 9.88 Å². The van der Waals surface area contributed by atoms with Crippen LogP contribution in [0.25, 0.3) is 10.9 Å². The summed E-state index contributed by atoms with van der Waals surface area (Å²) in [4.78, 5) is 20.7. The fourth-order valence-corrected chi connectivity index (χ4v) is 5.38. The molecule has 3 heterocycles. The van der Waals surface area contributed by atoms with Gasteiger partial charge in [0.1, 0.15) is 11.9 Å². The summed E-state index contributed by atoms with van der Waals surface area (Å²) in [6.07, 6.45) is 1.97. The third-order valence-electron chi connectivity index (χ3n) is 6.52. The van der Waals surface area contributed by atoms with Gasteiger partial charge in [0.05, 0.1) is 30.0 Å². The number of nitrogens with zero attached hydrogens (tertiary/aromatic N) is 2. The average Bonchev–Trinajstić information content (AvgIpc) is 3.26. The Bertz CT molecular complexity index is 1220. The first-order chi connectivity index (χ1) is 16.4. The van der Waals surface area contributed by atoms with E-state index in [9.17, 15) is 9.90 Å². The van der Waals surface area contributed by atoms with E-state index >= 15 is 4.39 Å². The number of thiophene rings is 1. The highest BCUT2D eigenvalue weighted by molar-refractivity contribution is 7.12. The molecule has 178 valence electrons. The maximum absolute atomic E-state index is 15.3. The van der Waals surface area contributed by atoms with Gasteiger partial charge in [-0.15, -0.1) is 11.3 Å². The molecule has 1 saturated heterocycles. The van der Waals surface area contributed by atoms with Crippen molar-refractivity contribution < 1.29 is 19.0 Å². The molecular formula is C27H29FN2O3S. The van der Waals surface area contributed by atoms with Crippen LogP contribution in [-0.2, 0) is 4.79 Å². The highest BCUT2D eigenvalue weighted by Crippen LogP contribution is 2.35. The number of hydrogen-bond donors (Lipinski definition) is 1. The number of carbonyl (C=O) groups is 1. The van der Waals surface area contributed by atoms with E-state index in [2.05, 4.69) is 21.7 Å². The van der Waals surface area contributed by atoms with Crippen molar-refractivity contribution >= 4 is 28.2 Å². The van der Waals surface area contributed by atoms with Gasteiger partial charge < -0.3 is 9.84 Å². The number of fused-ring (bicyclic) bond motifs is 1. The number of rotatable bonds is 7. The summed E-state index contributed by atoms with van der Waals surface area (Å²) >= 11 is 1.66. The fourth-order valence-electron chi connectivity index (χ4n) is 4.64. The van der Waals surface area contributed by atoms with E-state index < -0.39 is 18.1 Å². The van der Waals surface area contributed by atoms with E-state index in [1.54, 1.807) is 36.8 Å². The highest BCUT2D eigenvalue weighted by atomic mass is 32.1. The Morgan fingerprint density at radius 1 is 1.35 bits per heavy atom. The number of aromatic nitrogens is 1. The number of hydrogen-bond acceptors (Lipinski definition) is 5. The van der Waals surface area contributed by atoms with E-state index in [-0.39, 0.29) is 12.3 Å². The molecule has 1 aliphatic heterocycles. The van der Waals surface area contributed by atoms with Crippen LogP contribution in [-0.4, -0.2) is 47.7 Å². The Kier molecular flexibility index (Phi) is 7.81. The molecule has 0 bridgehead atoms. The standard InChI is InChI=1S/C27H29FN2O3S/c1-18-5-8-21(34-18)4-3-14-30-15-12-19(24(17-30)27(31)32)6-9-25(28)22-11-13-29-26-10-7-20(33-2)16-23(22)26/h5,7-8,10-11,13,16,19,24-25H,6,9,12,14-15,17H2,1-2H3,(H,31,32)/t19-,24+,25?/m1/s1. The van der Waals surface area contributed by atoms with Gasteiger partial charge in [-0.25, -0.2) is 4.39 Å². The van der Waals surface area contributed by atoms with Crippen molar-refractivity contribution in [2.45, 2.75) is 32.4 Å². The minimum Gasteiger partial charge on any atom is -0.497 e. The summed E-state index contributed by atoms with van der Waals surface area (Å²) < 4.78 is 20.6. The normalized spacial score (nSPS) is 19.4. The Morgan fingerprint density at radius 3 is 2.94 bits per heavy atom. The van der Waals surface area contributed by atoms with Crippen LogP contribution in [0.4, 0.5) is 4.39 Å². The summed E-state index contributed by atoms with van der Waals surface area (Å²) in [5.74, 6) is 5.62. The summed E-state index contributed by atoms with van der Waals surface area (Å²) in [5, 5.41) is 10.6. The smallest absolute Gasteiger partial charge is 0.308 e. The van der Waals surface area contributed by atoms with Crippen LogP contribution in [0.15, 0.2) is 42.6 Å². The highest BCUT2D eigenvalue weighted by Gasteiger charge is 2.34. The SMILES string of the molecule is COc1ccc2nccc(C(F)CC[C@@H]3CCN(CC#Cc4ccc(C)s4)C[C@@H]3C(=O)O)c2c1. The largest absolute Gasteiger partial charge is 0.497 e. The van der Waals surface area contributed by atoms with Crippen LogP contribution in [0.1, 0.15) is 40.8 Å². The molecule has 2 aromatic heterocycles. The molecule has 3 aromatic rings. The lowest BCUT2D eigenvalue weighted by atomic mass is 9.81. The van der Waals surface area contributed by atoms with Crippen LogP contribution >= 0.6 is 11.3 Å². The predicted molar refractivity (Wildman–Crippen MR) is 133 cm³/mol. The Hall–Kier alpha value is -2.95. The first kappa shape index (κ1) is 24.2. The molecule has 1 N–H and O–H groups in total. The third kappa shape index (κ3) is 5.75. The number of piperidine rings is 1. The van der Waals surface area contributed by atoms with E-state index in [0.717, 1.165) is 28.7 Å². The number of aryl methyl sites for hydroxylation is 1. The zero-order valence-electron chi connectivity index (χ0n) is 19.5. The second kappa shape index (κ2) is 11.0. The number of methoxy groups -OCH3 is 1. The summed E-state index contributed by atoms with van der Waals surface area (Å²) in [6.45, 7) is 3.82. The number of carboxylic acid groups (broad SMARTS) is 1. The van der Waals surface area contributed by atoms with Crippen molar-refractivity contribution in [3.8, 4) is 17.6 Å². The molecule has 1 aliphatic rings. The molecule has 0 spiro atoms. The third-order valence-corrected chi connectivity index (χ3v) is 7.44. The average molecular weight is 481 g/mol. The number of pyridine rings is 1. The summed E-state index contributed by atoms with van der Waals surface area (Å²) in [5.41, 5.74) is 1.30. The van der Waals surface area contributed by atoms with Gasteiger partial charge in [-0.05, 0) is 80.6 Å². The summed E-state index contributed by atoms with van der Waals surface area (Å²) in [7, 11) is 1.58. The van der Waals surface area contributed by atoms with Gasteiger partial charge in [0, 0.05) is 23.0 Å². The Balaban J connectivity index is 1.38. The maximum Gasteiger partial charge on any atom is 0.308 e. The van der Waals surface area contributed by atoms with E-state index in [1.165, 1.54) is 4.88 Å².